The third-order valence-corrected chi connectivity index (χ3v) is 4.33. The van der Waals surface area contributed by atoms with Crippen molar-refractivity contribution in [1.82, 2.24) is 5.32 Å². The van der Waals surface area contributed by atoms with Gasteiger partial charge in [0.25, 0.3) is 0 Å². The summed E-state index contributed by atoms with van der Waals surface area (Å²) in [4.78, 5) is 0. The van der Waals surface area contributed by atoms with Crippen LogP contribution in [0.25, 0.3) is 0 Å². The summed E-state index contributed by atoms with van der Waals surface area (Å²) >= 11 is 0. The van der Waals surface area contributed by atoms with Crippen LogP contribution in [0.1, 0.15) is 38.5 Å². The van der Waals surface area contributed by atoms with Crippen LogP contribution in [-0.4, -0.2) is 25.3 Å². The molecule has 80 valence electrons. The van der Waals surface area contributed by atoms with Crippen molar-refractivity contribution in [3.8, 4) is 0 Å². The second-order valence-electron chi connectivity index (χ2n) is 5.30. The predicted molar refractivity (Wildman–Crippen MR) is 56.2 cm³/mol. The van der Waals surface area contributed by atoms with Gasteiger partial charge in [-0.3, -0.25) is 0 Å². The zero-order valence-electron chi connectivity index (χ0n) is 8.87. The Bertz CT molecular complexity index is 200. The lowest BCUT2D eigenvalue weighted by Gasteiger charge is -2.27. The lowest BCUT2D eigenvalue weighted by Crippen LogP contribution is -2.30. The molecule has 2 nitrogen and oxygen atoms in total. The Balaban J connectivity index is 1.52. The van der Waals surface area contributed by atoms with Gasteiger partial charge in [0.2, 0.25) is 0 Å². The fourth-order valence-corrected chi connectivity index (χ4v) is 3.54. The molecule has 3 aliphatic rings. The summed E-state index contributed by atoms with van der Waals surface area (Å²) < 4.78 is 5.91. The smallest absolute Gasteiger partial charge is 0.0609 e. The minimum atomic E-state index is 0.645. The number of piperidine rings is 1. The molecule has 0 radical (unpaired) electrons. The summed E-state index contributed by atoms with van der Waals surface area (Å²) in [5.41, 5.74) is 0. The van der Waals surface area contributed by atoms with E-state index in [9.17, 15) is 0 Å². The van der Waals surface area contributed by atoms with Crippen molar-refractivity contribution in [2.75, 3.05) is 13.1 Å². The van der Waals surface area contributed by atoms with E-state index in [0.29, 0.717) is 12.2 Å². The lowest BCUT2D eigenvalue weighted by atomic mass is 9.80. The summed E-state index contributed by atoms with van der Waals surface area (Å²) in [5.74, 6) is 1.90. The molecule has 3 heterocycles. The van der Waals surface area contributed by atoms with Crippen LogP contribution in [0, 0.1) is 11.8 Å². The van der Waals surface area contributed by atoms with E-state index in [1.807, 2.05) is 0 Å². The van der Waals surface area contributed by atoms with Crippen LogP contribution in [-0.2, 0) is 4.74 Å². The first-order valence-corrected chi connectivity index (χ1v) is 6.28. The van der Waals surface area contributed by atoms with E-state index in [-0.39, 0.29) is 0 Å². The van der Waals surface area contributed by atoms with Gasteiger partial charge in [-0.05, 0) is 63.5 Å². The van der Waals surface area contributed by atoms with Gasteiger partial charge in [-0.1, -0.05) is 0 Å². The first kappa shape index (κ1) is 9.17. The fourth-order valence-electron chi connectivity index (χ4n) is 3.54. The molecule has 3 saturated heterocycles. The standard InChI is InChI=1S/C12H21NO/c1-2-12-10(8-11(1)14-12)7-9-3-5-13-6-4-9/h9-13H,1-8H2. The molecule has 0 aliphatic carbocycles. The van der Waals surface area contributed by atoms with E-state index in [4.69, 9.17) is 4.74 Å². The topological polar surface area (TPSA) is 21.3 Å². The van der Waals surface area contributed by atoms with Crippen LogP contribution in [0.15, 0.2) is 0 Å². The van der Waals surface area contributed by atoms with Crippen LogP contribution in [0.2, 0.25) is 0 Å². The molecule has 0 saturated carbocycles. The number of rotatable bonds is 2. The Kier molecular flexibility index (Phi) is 2.50. The highest BCUT2D eigenvalue weighted by Crippen LogP contribution is 2.42. The van der Waals surface area contributed by atoms with E-state index in [1.165, 1.54) is 51.6 Å². The van der Waals surface area contributed by atoms with E-state index in [0.717, 1.165) is 11.8 Å². The lowest BCUT2D eigenvalue weighted by molar-refractivity contribution is 0.0871. The molecule has 0 aromatic heterocycles. The highest BCUT2D eigenvalue weighted by molar-refractivity contribution is 4.90. The van der Waals surface area contributed by atoms with E-state index < -0.39 is 0 Å². The van der Waals surface area contributed by atoms with Crippen molar-refractivity contribution in [3.63, 3.8) is 0 Å². The highest BCUT2D eigenvalue weighted by Gasteiger charge is 2.41. The molecule has 3 unspecified atom stereocenters. The molecule has 0 aromatic rings. The van der Waals surface area contributed by atoms with E-state index in [1.54, 1.807) is 0 Å². The summed E-state index contributed by atoms with van der Waals surface area (Å²) in [7, 11) is 0. The molecule has 3 fully saturated rings. The normalized spacial score (nSPS) is 43.3. The first-order valence-electron chi connectivity index (χ1n) is 6.28. The van der Waals surface area contributed by atoms with Gasteiger partial charge in [0.1, 0.15) is 0 Å². The zero-order valence-corrected chi connectivity index (χ0v) is 8.87. The van der Waals surface area contributed by atoms with E-state index >= 15 is 0 Å². The summed E-state index contributed by atoms with van der Waals surface area (Å²) in [6.45, 7) is 2.48. The average molecular weight is 195 g/mol. The molecule has 0 aromatic carbocycles. The Morgan fingerprint density at radius 2 is 1.93 bits per heavy atom. The molecule has 3 aliphatic heterocycles. The zero-order chi connectivity index (χ0) is 9.38. The molecule has 1 N–H and O–H groups in total. The highest BCUT2D eigenvalue weighted by atomic mass is 16.5. The minimum absolute atomic E-state index is 0.645. The van der Waals surface area contributed by atoms with Crippen LogP contribution in [0.5, 0.6) is 0 Å². The molecule has 2 bridgehead atoms. The SMILES string of the molecule is C1CC(CC2CC3CCC2O3)CCN1. The quantitative estimate of drug-likeness (QED) is 0.727. The third kappa shape index (κ3) is 1.70. The number of hydrogen-bond donors (Lipinski definition) is 1. The largest absolute Gasteiger partial charge is 0.375 e. The van der Waals surface area contributed by atoms with Crippen molar-refractivity contribution in [1.29, 1.82) is 0 Å². The van der Waals surface area contributed by atoms with Crippen LogP contribution < -0.4 is 5.32 Å². The second-order valence-corrected chi connectivity index (χ2v) is 5.30. The fraction of sp³-hybridized carbons (Fsp3) is 1.00. The molecular formula is C12H21NO. The first-order chi connectivity index (χ1) is 6.92. The van der Waals surface area contributed by atoms with Gasteiger partial charge in [0.05, 0.1) is 12.2 Å². The molecule has 3 rings (SSSR count). The van der Waals surface area contributed by atoms with Crippen molar-refractivity contribution < 1.29 is 4.74 Å². The molecule has 0 amide bonds. The molecule has 3 atom stereocenters. The van der Waals surface area contributed by atoms with Gasteiger partial charge >= 0.3 is 0 Å². The average Bonchev–Trinajstić information content (AvgIpc) is 2.81. The summed E-state index contributed by atoms with van der Waals surface area (Å²) in [6, 6.07) is 0. The van der Waals surface area contributed by atoms with Gasteiger partial charge in [-0.25, -0.2) is 0 Å². The van der Waals surface area contributed by atoms with Crippen molar-refractivity contribution >= 4 is 0 Å². The molecular weight excluding hydrogens is 174 g/mol. The predicted octanol–water partition coefficient (Wildman–Crippen LogP) is 1.94. The number of nitrogens with one attached hydrogen (secondary N) is 1. The summed E-state index contributed by atoms with van der Waals surface area (Å²) in [5, 5.41) is 3.44. The van der Waals surface area contributed by atoms with Gasteiger partial charge in [0, 0.05) is 0 Å². The third-order valence-electron chi connectivity index (χ3n) is 4.33. The maximum Gasteiger partial charge on any atom is 0.0609 e. The maximum absolute atomic E-state index is 5.91. The van der Waals surface area contributed by atoms with Gasteiger partial charge in [0.15, 0.2) is 0 Å². The number of fused-ring (bicyclic) bond motifs is 2. The van der Waals surface area contributed by atoms with Crippen LogP contribution in [0.3, 0.4) is 0 Å². The molecule has 0 spiro atoms. The van der Waals surface area contributed by atoms with Crippen molar-refractivity contribution in [2.24, 2.45) is 11.8 Å². The maximum atomic E-state index is 5.91. The van der Waals surface area contributed by atoms with E-state index in [2.05, 4.69) is 5.32 Å². The van der Waals surface area contributed by atoms with Gasteiger partial charge < -0.3 is 10.1 Å². The Hall–Kier alpha value is -0.0800. The van der Waals surface area contributed by atoms with Crippen LogP contribution in [0.4, 0.5) is 0 Å². The van der Waals surface area contributed by atoms with Crippen molar-refractivity contribution in [2.45, 2.75) is 50.7 Å². The molecule has 2 heteroatoms. The second kappa shape index (κ2) is 3.82. The Labute approximate surface area is 86.4 Å². The number of ether oxygens (including phenoxy) is 1. The van der Waals surface area contributed by atoms with Gasteiger partial charge in [-0.15, -0.1) is 0 Å². The minimum Gasteiger partial charge on any atom is -0.375 e. The van der Waals surface area contributed by atoms with Crippen molar-refractivity contribution in [3.05, 3.63) is 0 Å². The Morgan fingerprint density at radius 3 is 2.57 bits per heavy atom. The summed E-state index contributed by atoms with van der Waals surface area (Å²) in [6.07, 6.45) is 9.59. The van der Waals surface area contributed by atoms with Crippen LogP contribution >= 0.6 is 0 Å². The number of hydrogen-bond acceptors (Lipinski definition) is 2. The molecule has 14 heavy (non-hydrogen) atoms. The monoisotopic (exact) mass is 195 g/mol. The Morgan fingerprint density at radius 1 is 1.07 bits per heavy atom. The van der Waals surface area contributed by atoms with Gasteiger partial charge in [-0.2, -0.15) is 0 Å².